The number of amides is 2. The minimum atomic E-state index is -1.80. The summed E-state index contributed by atoms with van der Waals surface area (Å²) in [5.74, 6) is -5.60. The van der Waals surface area contributed by atoms with Gasteiger partial charge in [0.25, 0.3) is 0 Å². The number of carbonyl (C=O) groups is 5. The number of nitrogens with zero attached hydrogens (tertiary/aromatic N) is 5. The highest BCUT2D eigenvalue weighted by Crippen LogP contribution is 2.42. The summed E-state index contributed by atoms with van der Waals surface area (Å²) < 4.78 is 37.8. The van der Waals surface area contributed by atoms with E-state index in [9.17, 15) is 29.1 Å². The van der Waals surface area contributed by atoms with Crippen LogP contribution in [0.25, 0.3) is 17.5 Å². The zero-order valence-electron chi connectivity index (χ0n) is 40.4. The number of alkyl carbamates (subject to hydrolysis) is 2. The van der Waals surface area contributed by atoms with E-state index < -0.39 is 108 Å². The maximum atomic E-state index is 14.7. The lowest BCUT2D eigenvalue weighted by atomic mass is 9.73. The number of esters is 2. The molecular formula is C49H65N7O12. The van der Waals surface area contributed by atoms with Crippen LogP contribution in [0.5, 0.6) is 0 Å². The van der Waals surface area contributed by atoms with E-state index in [0.29, 0.717) is 12.2 Å². The van der Waals surface area contributed by atoms with Crippen LogP contribution in [0.2, 0.25) is 0 Å². The van der Waals surface area contributed by atoms with E-state index in [-0.39, 0.29) is 30.9 Å². The number of likely N-dealkylation sites (N-methyl/N-ethyl adjacent to an activating group) is 1. The number of Topliss-reactive ketones (excluding diaryl/α,β-unsaturated/α-hetero) is 1. The molecule has 14 atom stereocenters. The first kappa shape index (κ1) is 51.5. The lowest BCUT2D eigenvalue weighted by Gasteiger charge is -2.48. The summed E-state index contributed by atoms with van der Waals surface area (Å²) in [5, 5.41) is 17.4. The first-order chi connectivity index (χ1) is 32.3. The number of cyclic esters (lactones) is 1. The molecule has 3 N–H and O–H groups in total. The average Bonchev–Trinajstić information content (AvgIpc) is 3.64. The Kier molecular flexibility index (Phi) is 16.7. The van der Waals surface area contributed by atoms with Crippen LogP contribution >= 0.6 is 0 Å². The molecular weight excluding hydrogens is 879 g/mol. The van der Waals surface area contributed by atoms with Crippen LogP contribution in [-0.4, -0.2) is 141 Å². The Morgan fingerprint density at radius 2 is 1.69 bits per heavy atom. The highest BCUT2D eigenvalue weighted by molar-refractivity contribution is 5.87. The van der Waals surface area contributed by atoms with Crippen LogP contribution < -0.4 is 10.6 Å². The summed E-state index contributed by atoms with van der Waals surface area (Å²) >= 11 is 0. The van der Waals surface area contributed by atoms with Gasteiger partial charge in [-0.25, -0.2) is 29.3 Å². The van der Waals surface area contributed by atoms with E-state index in [0.717, 1.165) is 11.1 Å². The first-order valence-electron chi connectivity index (χ1n) is 23.1. The summed E-state index contributed by atoms with van der Waals surface area (Å²) in [4.78, 5) is 88.9. The topological polar surface area (TPSA) is 240 Å². The molecule has 1 aromatic carbocycles. The molecule has 0 unspecified atom stereocenters. The van der Waals surface area contributed by atoms with Crippen molar-refractivity contribution in [2.45, 2.75) is 135 Å². The fourth-order valence-corrected chi connectivity index (χ4v) is 9.80. The molecule has 3 saturated heterocycles. The van der Waals surface area contributed by atoms with Crippen molar-refractivity contribution in [3.63, 3.8) is 0 Å². The van der Waals surface area contributed by atoms with Crippen molar-refractivity contribution in [2.75, 3.05) is 20.6 Å². The van der Waals surface area contributed by atoms with E-state index >= 15 is 0 Å². The number of hydrogen-bond donors (Lipinski definition) is 3. The molecule has 3 fully saturated rings. The normalized spacial score (nSPS) is 33.7. The molecule has 6 rings (SSSR count). The standard InChI is InChI=1S/C49H65N7O12/c1-11-36-49(8)40(55-47(62)68-49)29(4)37(57)27(2)25-48(7,67-46(61)54-19-12-14-32-15-17-33(18-16-32)42-52-20-13-21-53-42)41(66-45-38(58)35(56(9)10)24-28(3)63-45)30(5)39(31(6)43(59)64-36)65-44(60)34-26-50-22-23-51-34/h12-18,20-23,26-31,35-36,38-41,45,58H,11,19,24-25H2,1-10H3,(H,54,61)(H,55,62)/b14-12+/t27-,28-,29+,30+,31-,35+,36-,38-,39+,40-,41-,45+,48-,49-/m1/s1. The molecule has 2 aromatic heterocycles. The molecule has 68 heavy (non-hydrogen) atoms. The maximum Gasteiger partial charge on any atom is 0.408 e. The number of ketones is 1. The minimum absolute atomic E-state index is 0.0251. The van der Waals surface area contributed by atoms with Crippen molar-refractivity contribution in [1.82, 2.24) is 35.5 Å². The van der Waals surface area contributed by atoms with Gasteiger partial charge in [-0.2, -0.15) is 0 Å². The number of aliphatic hydroxyl groups is 1. The number of nitrogens with one attached hydrogen (secondary N) is 2. The van der Waals surface area contributed by atoms with Crippen LogP contribution in [-0.2, 0) is 38.0 Å². The molecule has 19 heteroatoms. The summed E-state index contributed by atoms with van der Waals surface area (Å²) in [6.07, 6.45) is 2.83. The van der Waals surface area contributed by atoms with Crippen LogP contribution in [0.3, 0.4) is 0 Å². The zero-order chi connectivity index (χ0) is 49.5. The Labute approximate surface area is 397 Å². The number of benzene rings is 1. The molecule has 3 aliphatic heterocycles. The second-order valence-electron chi connectivity index (χ2n) is 18.7. The molecule has 0 bridgehead atoms. The van der Waals surface area contributed by atoms with Crippen molar-refractivity contribution in [3.8, 4) is 11.4 Å². The van der Waals surface area contributed by atoms with Crippen molar-refractivity contribution in [1.29, 1.82) is 0 Å². The Balaban J connectivity index is 1.41. The summed E-state index contributed by atoms with van der Waals surface area (Å²) in [6, 6.07) is 7.93. The third-order valence-electron chi connectivity index (χ3n) is 13.4. The van der Waals surface area contributed by atoms with E-state index in [1.165, 1.54) is 25.5 Å². The third kappa shape index (κ3) is 11.7. The van der Waals surface area contributed by atoms with Gasteiger partial charge in [0.05, 0.1) is 24.3 Å². The Morgan fingerprint density at radius 1 is 0.985 bits per heavy atom. The zero-order valence-corrected chi connectivity index (χ0v) is 40.4. The number of ether oxygens (including phenoxy) is 6. The van der Waals surface area contributed by atoms with E-state index in [1.54, 1.807) is 66.1 Å². The molecule has 5 heterocycles. The van der Waals surface area contributed by atoms with Gasteiger partial charge in [-0.05, 0) is 72.7 Å². The van der Waals surface area contributed by atoms with Crippen LogP contribution in [0.4, 0.5) is 9.59 Å². The predicted molar refractivity (Wildman–Crippen MR) is 246 cm³/mol. The van der Waals surface area contributed by atoms with Crippen molar-refractivity contribution >= 4 is 36.0 Å². The third-order valence-corrected chi connectivity index (χ3v) is 13.4. The minimum Gasteiger partial charge on any atom is -0.458 e. The summed E-state index contributed by atoms with van der Waals surface area (Å²) in [5.41, 5.74) is -1.77. The fraction of sp³-hybridized carbons (Fsp3) is 0.571. The largest absolute Gasteiger partial charge is 0.458 e. The number of carbonyl (C=O) groups excluding carboxylic acids is 5. The van der Waals surface area contributed by atoms with Gasteiger partial charge >= 0.3 is 24.1 Å². The number of rotatable bonds is 11. The maximum absolute atomic E-state index is 14.7. The predicted octanol–water partition coefficient (Wildman–Crippen LogP) is 5.17. The highest BCUT2D eigenvalue weighted by Gasteiger charge is 2.58. The van der Waals surface area contributed by atoms with Crippen LogP contribution in [0.1, 0.15) is 90.7 Å². The Bertz CT molecular complexity index is 2250. The molecule has 3 aliphatic rings. The lowest BCUT2D eigenvalue weighted by molar-refractivity contribution is -0.298. The lowest BCUT2D eigenvalue weighted by Crippen LogP contribution is -2.61. The van der Waals surface area contributed by atoms with E-state index in [4.69, 9.17) is 28.4 Å². The first-order valence-corrected chi connectivity index (χ1v) is 23.1. The van der Waals surface area contributed by atoms with Gasteiger partial charge in [0.15, 0.2) is 23.4 Å². The molecule has 0 radical (unpaired) electrons. The summed E-state index contributed by atoms with van der Waals surface area (Å²) in [6.45, 7) is 13.3. The highest BCUT2D eigenvalue weighted by atomic mass is 16.7. The van der Waals surface area contributed by atoms with Gasteiger partial charge in [0, 0.05) is 60.7 Å². The number of fused-ring (bicyclic) bond motifs is 1. The van der Waals surface area contributed by atoms with E-state index in [2.05, 4.69) is 30.6 Å². The molecule has 0 aliphatic carbocycles. The SMILES string of the molecule is CC[C@H]1OC(=O)[C@H](C)[C@@H](OC(=O)c2cnccn2)[C@H](C)[C@@H](O[C@@H]2O[C@H](C)C[C@H](N(C)C)[C@H]2O)[C@](C)(OC(=O)NC/C=C/c2ccc(-c3ncccn3)cc2)C[C@@H](C)C(=O)[C@H](C)[C@H]2NC(=O)O[C@@]21C. The molecule has 3 aromatic rings. The molecule has 0 spiro atoms. The van der Waals surface area contributed by atoms with Gasteiger partial charge in [-0.3, -0.25) is 14.6 Å². The molecule has 2 amide bonds. The van der Waals surface area contributed by atoms with Crippen molar-refractivity contribution < 1.29 is 57.5 Å². The quantitative estimate of drug-likeness (QED) is 0.166. The molecule has 19 nitrogen and oxygen atoms in total. The molecule has 0 saturated carbocycles. The number of hydrogen-bond acceptors (Lipinski definition) is 17. The van der Waals surface area contributed by atoms with Crippen molar-refractivity contribution in [2.24, 2.45) is 23.7 Å². The Hall–Kier alpha value is -5.89. The number of aliphatic hydroxyl groups excluding tert-OH is 1. The van der Waals surface area contributed by atoms with Gasteiger partial charge in [0.1, 0.15) is 35.8 Å². The van der Waals surface area contributed by atoms with Gasteiger partial charge < -0.3 is 49.1 Å². The number of aromatic nitrogens is 4. The molecule has 368 valence electrons. The summed E-state index contributed by atoms with van der Waals surface area (Å²) in [7, 11) is 3.65. The van der Waals surface area contributed by atoms with Gasteiger partial charge in [-0.15, -0.1) is 0 Å². The Morgan fingerprint density at radius 3 is 2.34 bits per heavy atom. The van der Waals surface area contributed by atoms with Gasteiger partial charge in [0.2, 0.25) is 0 Å². The van der Waals surface area contributed by atoms with Crippen molar-refractivity contribution in [3.05, 3.63) is 78.6 Å². The second kappa shape index (κ2) is 22.0. The smallest absolute Gasteiger partial charge is 0.408 e. The van der Waals surface area contributed by atoms with Gasteiger partial charge in [-0.1, -0.05) is 64.1 Å². The monoisotopic (exact) mass is 943 g/mol. The average molecular weight is 944 g/mol. The fourth-order valence-electron chi connectivity index (χ4n) is 9.80. The van der Waals surface area contributed by atoms with E-state index in [1.807, 2.05) is 56.3 Å². The second-order valence-corrected chi connectivity index (χ2v) is 18.7. The van der Waals surface area contributed by atoms with Crippen LogP contribution in [0.15, 0.2) is 67.4 Å². The van der Waals surface area contributed by atoms with Crippen LogP contribution in [0, 0.1) is 23.7 Å².